The van der Waals surface area contributed by atoms with Gasteiger partial charge in [0.2, 0.25) is 0 Å². The normalized spacial score (nSPS) is 15.3. The molecule has 0 aromatic heterocycles. The first-order chi connectivity index (χ1) is 19.0. The Morgan fingerprint density at radius 1 is 0.821 bits per heavy atom. The number of unbranched alkanes of at least 4 members (excludes halogenated alkanes) is 5. The van der Waals surface area contributed by atoms with Gasteiger partial charge in [0.15, 0.2) is 23.2 Å². The predicted molar refractivity (Wildman–Crippen MR) is 155 cm³/mol. The fraction of sp³-hybridized carbons (Fsp3) is 0.429. The lowest BCUT2D eigenvalue weighted by molar-refractivity contribution is 0.290. The Kier molecular flexibility index (Phi) is 10.7. The number of hydrogen-bond acceptors (Lipinski definition) is 1. The highest BCUT2D eigenvalue weighted by atomic mass is 19.2. The molecule has 0 spiro atoms. The standard InChI is InChI=1S/C35H41F3O/c1-3-4-5-6-7-8-23-39-33-22-20-30(24-32(33)36)27-16-11-26(12-17-27)13-18-29-19-21-31(35(38)34(29)37)28-14-9-25(2)10-15-28/h9-10,14-16,19-22,24,26H,3-8,11-13,17-18,23H2,1-2H3. The maximum absolute atomic E-state index is 14.9. The molecule has 0 aliphatic heterocycles. The third kappa shape index (κ3) is 8.00. The summed E-state index contributed by atoms with van der Waals surface area (Å²) < 4.78 is 50.0. The summed E-state index contributed by atoms with van der Waals surface area (Å²) in [5.74, 6) is -1.10. The van der Waals surface area contributed by atoms with Crippen molar-refractivity contribution in [3.63, 3.8) is 0 Å². The van der Waals surface area contributed by atoms with E-state index in [9.17, 15) is 13.2 Å². The van der Waals surface area contributed by atoms with Crippen LogP contribution in [-0.2, 0) is 6.42 Å². The molecule has 0 amide bonds. The monoisotopic (exact) mass is 534 g/mol. The van der Waals surface area contributed by atoms with Crippen LogP contribution in [0.25, 0.3) is 16.7 Å². The van der Waals surface area contributed by atoms with Gasteiger partial charge in [0.1, 0.15) is 0 Å². The van der Waals surface area contributed by atoms with Crippen molar-refractivity contribution < 1.29 is 17.9 Å². The molecule has 0 fully saturated rings. The lowest BCUT2D eigenvalue weighted by atomic mass is 9.83. The summed E-state index contributed by atoms with van der Waals surface area (Å²) in [6.07, 6.45) is 13.2. The second kappa shape index (κ2) is 14.4. The van der Waals surface area contributed by atoms with Crippen molar-refractivity contribution in [1.29, 1.82) is 0 Å². The Bertz CT molecular complexity index is 1250. The summed E-state index contributed by atoms with van der Waals surface area (Å²) in [5, 5.41) is 0. The zero-order chi connectivity index (χ0) is 27.6. The number of halogens is 3. The van der Waals surface area contributed by atoms with Gasteiger partial charge in [0.25, 0.3) is 0 Å². The maximum Gasteiger partial charge on any atom is 0.166 e. The highest BCUT2D eigenvalue weighted by molar-refractivity contribution is 5.67. The second-order valence-electron chi connectivity index (χ2n) is 10.9. The Labute approximate surface area is 232 Å². The van der Waals surface area contributed by atoms with Gasteiger partial charge in [-0.05, 0) is 85.8 Å². The van der Waals surface area contributed by atoms with Crippen LogP contribution in [0, 0.1) is 30.3 Å². The molecule has 1 nitrogen and oxygen atoms in total. The Balaban J connectivity index is 1.27. The maximum atomic E-state index is 14.9. The molecular formula is C35H41F3O. The Hall–Kier alpha value is -3.01. The topological polar surface area (TPSA) is 9.23 Å². The molecule has 1 aliphatic rings. The van der Waals surface area contributed by atoms with Gasteiger partial charge in [-0.15, -0.1) is 0 Å². The van der Waals surface area contributed by atoms with Crippen molar-refractivity contribution in [1.82, 2.24) is 0 Å². The average molecular weight is 535 g/mol. The molecule has 0 heterocycles. The van der Waals surface area contributed by atoms with Gasteiger partial charge < -0.3 is 4.74 Å². The summed E-state index contributed by atoms with van der Waals surface area (Å²) >= 11 is 0. The lowest BCUT2D eigenvalue weighted by Crippen LogP contribution is -2.08. The summed E-state index contributed by atoms with van der Waals surface area (Å²) in [5.41, 5.74) is 4.53. The van der Waals surface area contributed by atoms with E-state index in [0.717, 1.165) is 55.2 Å². The number of benzene rings is 3. The van der Waals surface area contributed by atoms with Gasteiger partial charge in [0.05, 0.1) is 6.61 Å². The van der Waals surface area contributed by atoms with Crippen LogP contribution in [0.2, 0.25) is 0 Å². The molecule has 4 heteroatoms. The fourth-order valence-electron chi connectivity index (χ4n) is 5.39. The summed E-state index contributed by atoms with van der Waals surface area (Å²) in [6.45, 7) is 4.72. The van der Waals surface area contributed by atoms with E-state index < -0.39 is 11.6 Å². The molecule has 3 aromatic carbocycles. The summed E-state index contributed by atoms with van der Waals surface area (Å²) in [4.78, 5) is 0. The van der Waals surface area contributed by atoms with Crippen LogP contribution in [0.15, 0.2) is 60.7 Å². The zero-order valence-electron chi connectivity index (χ0n) is 23.4. The minimum absolute atomic E-state index is 0.299. The van der Waals surface area contributed by atoms with E-state index in [1.54, 1.807) is 24.3 Å². The van der Waals surface area contributed by atoms with E-state index in [-0.39, 0.29) is 5.82 Å². The third-order valence-electron chi connectivity index (χ3n) is 7.92. The summed E-state index contributed by atoms with van der Waals surface area (Å²) in [6, 6.07) is 16.1. The molecular weight excluding hydrogens is 493 g/mol. The zero-order valence-corrected chi connectivity index (χ0v) is 23.4. The lowest BCUT2D eigenvalue weighted by Gasteiger charge is -2.22. The molecule has 1 aliphatic carbocycles. The van der Waals surface area contributed by atoms with Gasteiger partial charge >= 0.3 is 0 Å². The summed E-state index contributed by atoms with van der Waals surface area (Å²) in [7, 11) is 0. The van der Waals surface area contributed by atoms with Crippen LogP contribution < -0.4 is 4.74 Å². The molecule has 0 N–H and O–H groups in total. The minimum Gasteiger partial charge on any atom is -0.491 e. The van der Waals surface area contributed by atoms with E-state index in [2.05, 4.69) is 13.0 Å². The first-order valence-electron chi connectivity index (χ1n) is 14.6. The largest absolute Gasteiger partial charge is 0.491 e. The molecule has 0 saturated carbocycles. The number of allylic oxidation sites excluding steroid dienone is 2. The van der Waals surface area contributed by atoms with Crippen molar-refractivity contribution >= 4 is 5.57 Å². The average Bonchev–Trinajstić information content (AvgIpc) is 2.95. The van der Waals surface area contributed by atoms with Crippen LogP contribution in [0.4, 0.5) is 13.2 Å². The van der Waals surface area contributed by atoms with Gasteiger partial charge in [-0.25, -0.2) is 13.2 Å². The molecule has 39 heavy (non-hydrogen) atoms. The van der Waals surface area contributed by atoms with Gasteiger partial charge in [-0.3, -0.25) is 0 Å². The third-order valence-corrected chi connectivity index (χ3v) is 7.92. The van der Waals surface area contributed by atoms with Crippen molar-refractivity contribution in [3.05, 3.63) is 94.8 Å². The molecule has 0 radical (unpaired) electrons. The Morgan fingerprint density at radius 2 is 1.56 bits per heavy atom. The van der Waals surface area contributed by atoms with Crippen LogP contribution in [0.1, 0.15) is 87.8 Å². The van der Waals surface area contributed by atoms with Crippen molar-refractivity contribution in [2.24, 2.45) is 5.92 Å². The van der Waals surface area contributed by atoms with Crippen molar-refractivity contribution in [2.75, 3.05) is 6.61 Å². The smallest absolute Gasteiger partial charge is 0.166 e. The first kappa shape index (κ1) is 29.0. The fourth-order valence-corrected chi connectivity index (χ4v) is 5.39. The molecule has 0 saturated heterocycles. The quantitative estimate of drug-likeness (QED) is 0.198. The van der Waals surface area contributed by atoms with Crippen molar-refractivity contribution in [3.8, 4) is 16.9 Å². The van der Waals surface area contributed by atoms with Crippen LogP contribution in [0.3, 0.4) is 0 Å². The number of hydrogen-bond donors (Lipinski definition) is 0. The van der Waals surface area contributed by atoms with E-state index in [1.165, 1.54) is 25.7 Å². The number of rotatable bonds is 13. The van der Waals surface area contributed by atoms with E-state index in [4.69, 9.17) is 4.74 Å². The molecule has 3 aromatic rings. The highest BCUT2D eigenvalue weighted by Gasteiger charge is 2.19. The van der Waals surface area contributed by atoms with Crippen LogP contribution >= 0.6 is 0 Å². The number of aryl methyl sites for hydroxylation is 2. The molecule has 4 rings (SSSR count). The van der Waals surface area contributed by atoms with Crippen molar-refractivity contribution in [2.45, 2.75) is 84.5 Å². The van der Waals surface area contributed by atoms with Crippen LogP contribution in [-0.4, -0.2) is 6.61 Å². The molecule has 0 bridgehead atoms. The van der Waals surface area contributed by atoms with E-state index in [1.807, 2.05) is 37.3 Å². The van der Waals surface area contributed by atoms with Gasteiger partial charge in [-0.2, -0.15) is 0 Å². The van der Waals surface area contributed by atoms with E-state index in [0.29, 0.717) is 41.4 Å². The van der Waals surface area contributed by atoms with Gasteiger partial charge in [-0.1, -0.05) is 93.1 Å². The first-order valence-corrected chi connectivity index (χ1v) is 14.6. The molecule has 208 valence electrons. The SMILES string of the molecule is CCCCCCCCOc1ccc(C2=CCC(CCc3ccc(-c4ccc(C)cc4)c(F)c3F)CC2)cc1F. The van der Waals surface area contributed by atoms with Gasteiger partial charge in [0, 0.05) is 5.56 Å². The predicted octanol–water partition coefficient (Wildman–Crippen LogP) is 10.6. The Morgan fingerprint density at radius 3 is 2.28 bits per heavy atom. The molecule has 1 atom stereocenters. The van der Waals surface area contributed by atoms with E-state index >= 15 is 0 Å². The second-order valence-corrected chi connectivity index (χ2v) is 10.9. The minimum atomic E-state index is -0.774. The van der Waals surface area contributed by atoms with Crippen LogP contribution in [0.5, 0.6) is 5.75 Å². The highest BCUT2D eigenvalue weighted by Crippen LogP contribution is 2.35. The number of ether oxygens (including phenoxy) is 1. The molecule has 1 unspecified atom stereocenters.